The van der Waals surface area contributed by atoms with Crippen LogP contribution in [-0.4, -0.2) is 52.5 Å². The third-order valence-electron chi connectivity index (χ3n) is 4.30. The van der Waals surface area contributed by atoms with Crippen LogP contribution in [-0.2, 0) is 0 Å². The number of carbonyl (C=O) groups excluding carboxylic acids is 1. The van der Waals surface area contributed by atoms with E-state index in [0.717, 1.165) is 18.8 Å². The maximum Gasteiger partial charge on any atom is 0.335 e. The molecule has 6 nitrogen and oxygen atoms in total. The molecule has 6 heteroatoms. The third kappa shape index (κ3) is 3.22. The van der Waals surface area contributed by atoms with Gasteiger partial charge in [0.25, 0.3) is 5.91 Å². The first kappa shape index (κ1) is 16.0. The Hall–Kier alpha value is -2.89. The number of amides is 1. The van der Waals surface area contributed by atoms with E-state index in [1.165, 1.54) is 12.1 Å². The second kappa shape index (κ2) is 6.70. The molecular formula is C18H19N3O3. The zero-order valence-electron chi connectivity index (χ0n) is 13.4. The first-order valence-electron chi connectivity index (χ1n) is 7.85. The number of nitrogens with zero attached hydrogens (tertiary/aromatic N) is 3. The first-order chi connectivity index (χ1) is 11.6. The number of aromatic nitrogens is 1. The average molecular weight is 325 g/mol. The number of carbonyl (C=O) groups is 2. The zero-order chi connectivity index (χ0) is 17.1. The van der Waals surface area contributed by atoms with Gasteiger partial charge in [-0.15, -0.1) is 0 Å². The molecule has 1 aliphatic rings. The van der Waals surface area contributed by atoms with Crippen LogP contribution >= 0.6 is 0 Å². The van der Waals surface area contributed by atoms with Gasteiger partial charge in [-0.05, 0) is 43.3 Å². The van der Waals surface area contributed by atoms with Gasteiger partial charge in [-0.1, -0.05) is 0 Å². The quantitative estimate of drug-likeness (QED) is 0.936. The molecule has 1 fully saturated rings. The summed E-state index contributed by atoms with van der Waals surface area (Å²) in [5.41, 5.74) is 1.81. The SMILES string of the molecule is CC1CN(c2ccncc2)CCN1C(=O)c1ccc(C(=O)O)cc1. The Labute approximate surface area is 140 Å². The molecule has 1 aromatic heterocycles. The van der Waals surface area contributed by atoms with Gasteiger partial charge in [-0.25, -0.2) is 4.79 Å². The predicted octanol–water partition coefficient (Wildman–Crippen LogP) is 2.13. The Morgan fingerprint density at radius 3 is 2.25 bits per heavy atom. The Balaban J connectivity index is 1.69. The Bertz CT molecular complexity index is 731. The van der Waals surface area contributed by atoms with E-state index in [-0.39, 0.29) is 17.5 Å². The highest BCUT2D eigenvalue weighted by Gasteiger charge is 2.28. The summed E-state index contributed by atoms with van der Waals surface area (Å²) >= 11 is 0. The molecule has 124 valence electrons. The maximum absolute atomic E-state index is 12.7. The van der Waals surface area contributed by atoms with Crippen LogP contribution in [0.4, 0.5) is 5.69 Å². The van der Waals surface area contributed by atoms with E-state index in [2.05, 4.69) is 9.88 Å². The monoisotopic (exact) mass is 325 g/mol. The lowest BCUT2D eigenvalue weighted by molar-refractivity contribution is 0.0667. The summed E-state index contributed by atoms with van der Waals surface area (Å²) in [6, 6.07) is 10.1. The molecule has 3 rings (SSSR count). The van der Waals surface area contributed by atoms with E-state index in [1.807, 2.05) is 24.0 Å². The maximum atomic E-state index is 12.7. The summed E-state index contributed by atoms with van der Waals surface area (Å²) in [6.07, 6.45) is 3.53. The number of piperazine rings is 1. The van der Waals surface area contributed by atoms with Crippen molar-refractivity contribution in [3.8, 4) is 0 Å². The van der Waals surface area contributed by atoms with Gasteiger partial charge in [0.15, 0.2) is 0 Å². The molecular weight excluding hydrogens is 306 g/mol. The Morgan fingerprint density at radius 1 is 1.04 bits per heavy atom. The van der Waals surface area contributed by atoms with Crippen LogP contribution in [0.15, 0.2) is 48.8 Å². The molecule has 2 aromatic rings. The van der Waals surface area contributed by atoms with Gasteiger partial charge in [-0.3, -0.25) is 9.78 Å². The number of anilines is 1. The number of carboxylic acids is 1. The molecule has 24 heavy (non-hydrogen) atoms. The van der Waals surface area contributed by atoms with Gasteiger partial charge in [0.1, 0.15) is 0 Å². The molecule has 0 bridgehead atoms. The summed E-state index contributed by atoms with van der Waals surface area (Å²) in [7, 11) is 0. The summed E-state index contributed by atoms with van der Waals surface area (Å²) < 4.78 is 0. The zero-order valence-corrected chi connectivity index (χ0v) is 13.4. The number of benzene rings is 1. The molecule has 1 atom stereocenters. The van der Waals surface area contributed by atoms with Crippen molar-refractivity contribution in [2.45, 2.75) is 13.0 Å². The summed E-state index contributed by atoms with van der Waals surface area (Å²) in [4.78, 5) is 31.7. The first-order valence-corrected chi connectivity index (χ1v) is 7.85. The van der Waals surface area contributed by atoms with Gasteiger partial charge in [0.05, 0.1) is 5.56 Å². The topological polar surface area (TPSA) is 73.7 Å². The van der Waals surface area contributed by atoms with Gasteiger partial charge in [0.2, 0.25) is 0 Å². The second-order valence-corrected chi connectivity index (χ2v) is 5.88. The lowest BCUT2D eigenvalue weighted by Crippen LogP contribution is -2.54. The fraction of sp³-hybridized carbons (Fsp3) is 0.278. The minimum atomic E-state index is -0.992. The molecule has 0 saturated carbocycles. The summed E-state index contributed by atoms with van der Waals surface area (Å²) in [5.74, 6) is -1.05. The molecule has 0 aliphatic carbocycles. The highest BCUT2D eigenvalue weighted by atomic mass is 16.4. The molecule has 2 heterocycles. The lowest BCUT2D eigenvalue weighted by atomic mass is 10.1. The summed E-state index contributed by atoms with van der Waals surface area (Å²) in [6.45, 7) is 4.16. The number of rotatable bonds is 3. The van der Waals surface area contributed by atoms with E-state index in [0.29, 0.717) is 12.1 Å². The van der Waals surface area contributed by atoms with E-state index in [4.69, 9.17) is 5.11 Å². The van der Waals surface area contributed by atoms with Crippen molar-refractivity contribution in [2.24, 2.45) is 0 Å². The highest BCUT2D eigenvalue weighted by Crippen LogP contribution is 2.20. The van der Waals surface area contributed by atoms with Crippen molar-refractivity contribution in [3.63, 3.8) is 0 Å². The fourth-order valence-electron chi connectivity index (χ4n) is 2.97. The Morgan fingerprint density at radius 2 is 1.67 bits per heavy atom. The van der Waals surface area contributed by atoms with Crippen LogP contribution in [0.5, 0.6) is 0 Å². The van der Waals surface area contributed by atoms with Gasteiger partial charge < -0.3 is 14.9 Å². The van der Waals surface area contributed by atoms with Crippen molar-refractivity contribution in [1.82, 2.24) is 9.88 Å². The number of pyridine rings is 1. The van der Waals surface area contributed by atoms with Gasteiger partial charge >= 0.3 is 5.97 Å². The number of aromatic carboxylic acids is 1. The molecule has 0 spiro atoms. The Kier molecular flexibility index (Phi) is 4.46. The predicted molar refractivity (Wildman–Crippen MR) is 90.3 cm³/mol. The van der Waals surface area contributed by atoms with Crippen molar-refractivity contribution in [3.05, 3.63) is 59.9 Å². The average Bonchev–Trinajstić information content (AvgIpc) is 2.62. The van der Waals surface area contributed by atoms with Crippen LogP contribution in [0, 0.1) is 0 Å². The smallest absolute Gasteiger partial charge is 0.335 e. The van der Waals surface area contributed by atoms with E-state index in [1.54, 1.807) is 24.5 Å². The molecule has 0 radical (unpaired) electrons. The fourth-order valence-corrected chi connectivity index (χ4v) is 2.97. The van der Waals surface area contributed by atoms with Crippen LogP contribution < -0.4 is 4.90 Å². The van der Waals surface area contributed by atoms with Crippen molar-refractivity contribution in [1.29, 1.82) is 0 Å². The molecule has 1 saturated heterocycles. The molecule has 1 unspecified atom stereocenters. The molecule has 1 aromatic carbocycles. The minimum Gasteiger partial charge on any atom is -0.478 e. The van der Waals surface area contributed by atoms with Crippen molar-refractivity contribution in [2.75, 3.05) is 24.5 Å². The lowest BCUT2D eigenvalue weighted by Gasteiger charge is -2.41. The molecule has 1 amide bonds. The standard InChI is InChI=1S/C18H19N3O3/c1-13-12-20(16-6-8-19-9-7-16)10-11-21(13)17(22)14-2-4-15(5-3-14)18(23)24/h2-9,13H,10-12H2,1H3,(H,23,24). The van der Waals surface area contributed by atoms with E-state index in [9.17, 15) is 9.59 Å². The number of hydrogen-bond donors (Lipinski definition) is 1. The van der Waals surface area contributed by atoms with Crippen LogP contribution in [0.1, 0.15) is 27.6 Å². The van der Waals surface area contributed by atoms with Gasteiger partial charge in [-0.2, -0.15) is 0 Å². The summed E-state index contributed by atoms with van der Waals surface area (Å²) in [5, 5.41) is 8.94. The van der Waals surface area contributed by atoms with Crippen LogP contribution in [0.2, 0.25) is 0 Å². The molecule has 1 N–H and O–H groups in total. The van der Waals surface area contributed by atoms with Crippen LogP contribution in [0.3, 0.4) is 0 Å². The second-order valence-electron chi connectivity index (χ2n) is 5.88. The normalized spacial score (nSPS) is 17.6. The minimum absolute atomic E-state index is 0.0613. The highest BCUT2D eigenvalue weighted by molar-refractivity contribution is 5.96. The van der Waals surface area contributed by atoms with Crippen molar-refractivity contribution < 1.29 is 14.7 Å². The molecule has 1 aliphatic heterocycles. The van der Waals surface area contributed by atoms with E-state index < -0.39 is 5.97 Å². The number of hydrogen-bond acceptors (Lipinski definition) is 4. The third-order valence-corrected chi connectivity index (χ3v) is 4.30. The number of carboxylic acid groups (broad SMARTS) is 1. The van der Waals surface area contributed by atoms with Crippen molar-refractivity contribution >= 4 is 17.6 Å². The largest absolute Gasteiger partial charge is 0.478 e. The van der Waals surface area contributed by atoms with Crippen LogP contribution in [0.25, 0.3) is 0 Å². The van der Waals surface area contributed by atoms with Gasteiger partial charge in [0, 0.05) is 49.3 Å². The van der Waals surface area contributed by atoms with E-state index >= 15 is 0 Å².